The van der Waals surface area contributed by atoms with Gasteiger partial charge in [0.25, 0.3) is 5.91 Å². The maximum atomic E-state index is 13.2. The SMILES string of the molecule is NS(=O)(=O)c1ccc(CN(Cc2ccccc2)C(=O)c2ccc(F)cc2)cc1. The van der Waals surface area contributed by atoms with Crippen molar-refractivity contribution in [1.29, 1.82) is 0 Å². The van der Waals surface area contributed by atoms with E-state index < -0.39 is 15.8 Å². The number of hydrogen-bond donors (Lipinski definition) is 1. The predicted molar refractivity (Wildman–Crippen MR) is 104 cm³/mol. The molecule has 3 aromatic carbocycles. The Morgan fingerprint density at radius 2 is 1.36 bits per heavy atom. The average Bonchev–Trinajstić information content (AvgIpc) is 2.68. The van der Waals surface area contributed by atoms with E-state index in [1.165, 1.54) is 36.4 Å². The number of rotatable bonds is 6. The van der Waals surface area contributed by atoms with Gasteiger partial charge in [0.1, 0.15) is 5.82 Å². The molecule has 2 N–H and O–H groups in total. The summed E-state index contributed by atoms with van der Waals surface area (Å²) in [5, 5.41) is 5.12. The smallest absolute Gasteiger partial charge is 0.254 e. The van der Waals surface area contributed by atoms with Crippen molar-refractivity contribution in [3.05, 3.63) is 101 Å². The molecule has 0 aromatic heterocycles. The molecule has 1 amide bonds. The molecule has 7 heteroatoms. The first-order chi connectivity index (χ1) is 13.3. The van der Waals surface area contributed by atoms with E-state index >= 15 is 0 Å². The zero-order valence-corrected chi connectivity index (χ0v) is 15.8. The van der Waals surface area contributed by atoms with Crippen molar-refractivity contribution in [3.63, 3.8) is 0 Å². The third kappa shape index (κ3) is 5.03. The van der Waals surface area contributed by atoms with E-state index in [-0.39, 0.29) is 17.3 Å². The van der Waals surface area contributed by atoms with Gasteiger partial charge in [0.2, 0.25) is 10.0 Å². The van der Waals surface area contributed by atoms with E-state index in [1.54, 1.807) is 17.0 Å². The zero-order chi connectivity index (χ0) is 20.1. The second-order valence-electron chi connectivity index (χ2n) is 6.34. The predicted octanol–water partition coefficient (Wildman–Crippen LogP) is 3.32. The second kappa shape index (κ2) is 8.33. The van der Waals surface area contributed by atoms with Crippen LogP contribution in [0.3, 0.4) is 0 Å². The molecule has 0 aliphatic carbocycles. The van der Waals surface area contributed by atoms with Crippen LogP contribution >= 0.6 is 0 Å². The minimum atomic E-state index is -3.78. The lowest BCUT2D eigenvalue weighted by Gasteiger charge is -2.23. The fourth-order valence-corrected chi connectivity index (χ4v) is 3.30. The van der Waals surface area contributed by atoms with Crippen LogP contribution in [-0.4, -0.2) is 19.2 Å². The number of sulfonamides is 1. The van der Waals surface area contributed by atoms with Crippen LogP contribution in [0.1, 0.15) is 21.5 Å². The van der Waals surface area contributed by atoms with Crippen molar-refractivity contribution in [2.45, 2.75) is 18.0 Å². The number of carbonyl (C=O) groups excluding carboxylic acids is 1. The molecule has 0 heterocycles. The summed E-state index contributed by atoms with van der Waals surface area (Å²) in [6, 6.07) is 20.9. The number of nitrogens with zero attached hydrogens (tertiary/aromatic N) is 1. The first-order valence-electron chi connectivity index (χ1n) is 8.53. The highest BCUT2D eigenvalue weighted by Crippen LogP contribution is 2.16. The molecule has 0 atom stereocenters. The Kier molecular flexibility index (Phi) is 5.87. The molecule has 0 saturated heterocycles. The van der Waals surface area contributed by atoms with E-state index in [0.29, 0.717) is 12.1 Å². The number of hydrogen-bond acceptors (Lipinski definition) is 3. The average molecular weight is 398 g/mol. The highest BCUT2D eigenvalue weighted by molar-refractivity contribution is 7.89. The molecule has 0 aliphatic heterocycles. The monoisotopic (exact) mass is 398 g/mol. The number of nitrogens with two attached hydrogens (primary N) is 1. The Labute approximate surface area is 163 Å². The van der Waals surface area contributed by atoms with Crippen LogP contribution in [0.15, 0.2) is 83.8 Å². The fourth-order valence-electron chi connectivity index (χ4n) is 2.78. The minimum Gasteiger partial charge on any atom is -0.330 e. The zero-order valence-electron chi connectivity index (χ0n) is 15.0. The molecule has 0 spiro atoms. The van der Waals surface area contributed by atoms with Crippen molar-refractivity contribution >= 4 is 15.9 Å². The summed E-state index contributed by atoms with van der Waals surface area (Å²) in [7, 11) is -3.78. The van der Waals surface area contributed by atoms with Gasteiger partial charge >= 0.3 is 0 Å². The summed E-state index contributed by atoms with van der Waals surface area (Å²) in [4.78, 5) is 14.6. The summed E-state index contributed by atoms with van der Waals surface area (Å²) >= 11 is 0. The van der Waals surface area contributed by atoms with Gasteiger partial charge in [-0.05, 0) is 47.5 Å². The van der Waals surface area contributed by atoms with Gasteiger partial charge in [-0.25, -0.2) is 17.9 Å². The molecule has 0 fully saturated rings. The Hall–Kier alpha value is -3.03. The third-order valence-electron chi connectivity index (χ3n) is 4.22. The highest BCUT2D eigenvalue weighted by atomic mass is 32.2. The van der Waals surface area contributed by atoms with Gasteiger partial charge in [0.05, 0.1) is 4.90 Å². The van der Waals surface area contributed by atoms with Gasteiger partial charge < -0.3 is 4.90 Å². The first kappa shape index (κ1) is 19.7. The highest BCUT2D eigenvalue weighted by Gasteiger charge is 2.17. The maximum Gasteiger partial charge on any atom is 0.254 e. The molecule has 0 saturated carbocycles. The Balaban J connectivity index is 1.87. The van der Waals surface area contributed by atoms with Crippen LogP contribution in [0.25, 0.3) is 0 Å². The first-order valence-corrected chi connectivity index (χ1v) is 10.1. The number of amides is 1. The van der Waals surface area contributed by atoms with E-state index in [2.05, 4.69) is 0 Å². The van der Waals surface area contributed by atoms with E-state index in [4.69, 9.17) is 5.14 Å². The lowest BCUT2D eigenvalue weighted by molar-refractivity contribution is 0.0730. The molecule has 3 aromatic rings. The number of carbonyl (C=O) groups is 1. The van der Waals surface area contributed by atoms with Crippen LogP contribution in [0.2, 0.25) is 0 Å². The summed E-state index contributed by atoms with van der Waals surface area (Å²) in [6.07, 6.45) is 0. The van der Waals surface area contributed by atoms with E-state index in [9.17, 15) is 17.6 Å². The second-order valence-corrected chi connectivity index (χ2v) is 7.90. The van der Waals surface area contributed by atoms with E-state index in [0.717, 1.165) is 11.1 Å². The molecule has 0 unspecified atom stereocenters. The lowest BCUT2D eigenvalue weighted by Crippen LogP contribution is -2.30. The van der Waals surface area contributed by atoms with Gasteiger partial charge in [-0.1, -0.05) is 42.5 Å². The van der Waals surface area contributed by atoms with Crippen molar-refractivity contribution in [3.8, 4) is 0 Å². The summed E-state index contributed by atoms with van der Waals surface area (Å²) in [6.45, 7) is 0.615. The van der Waals surface area contributed by atoms with Crippen molar-refractivity contribution in [2.24, 2.45) is 5.14 Å². The molecular weight excluding hydrogens is 379 g/mol. The standard InChI is InChI=1S/C21H19FN2O3S/c22-19-10-8-18(9-11-19)21(25)24(14-16-4-2-1-3-5-16)15-17-6-12-20(13-7-17)28(23,26)27/h1-13H,14-15H2,(H2,23,26,27). The molecule has 144 valence electrons. The van der Waals surface area contributed by atoms with Crippen LogP contribution in [-0.2, 0) is 23.1 Å². The van der Waals surface area contributed by atoms with Crippen molar-refractivity contribution in [2.75, 3.05) is 0 Å². The summed E-state index contributed by atoms with van der Waals surface area (Å²) in [5.41, 5.74) is 2.07. The Bertz CT molecular complexity index is 1050. The third-order valence-corrected chi connectivity index (χ3v) is 5.15. The van der Waals surface area contributed by atoms with Gasteiger partial charge in [0, 0.05) is 18.7 Å². The topological polar surface area (TPSA) is 80.5 Å². The Morgan fingerprint density at radius 3 is 1.89 bits per heavy atom. The van der Waals surface area contributed by atoms with Crippen LogP contribution < -0.4 is 5.14 Å². The van der Waals surface area contributed by atoms with Gasteiger partial charge in [-0.3, -0.25) is 4.79 Å². The van der Waals surface area contributed by atoms with Crippen LogP contribution in [0, 0.1) is 5.82 Å². The molecule has 0 bridgehead atoms. The maximum absolute atomic E-state index is 13.2. The van der Waals surface area contributed by atoms with Gasteiger partial charge in [-0.2, -0.15) is 0 Å². The molecule has 0 aliphatic rings. The quantitative estimate of drug-likeness (QED) is 0.692. The molecule has 5 nitrogen and oxygen atoms in total. The lowest BCUT2D eigenvalue weighted by atomic mass is 10.1. The van der Waals surface area contributed by atoms with E-state index in [1.807, 2.05) is 30.3 Å². The van der Waals surface area contributed by atoms with Crippen molar-refractivity contribution in [1.82, 2.24) is 4.90 Å². The largest absolute Gasteiger partial charge is 0.330 e. The van der Waals surface area contributed by atoms with Crippen LogP contribution in [0.5, 0.6) is 0 Å². The van der Waals surface area contributed by atoms with Crippen molar-refractivity contribution < 1.29 is 17.6 Å². The molecule has 28 heavy (non-hydrogen) atoms. The number of halogens is 1. The minimum absolute atomic E-state index is 0.00993. The Morgan fingerprint density at radius 1 is 0.821 bits per heavy atom. The summed E-state index contributed by atoms with van der Waals surface area (Å²) < 4.78 is 36.0. The van der Waals surface area contributed by atoms with Gasteiger partial charge in [-0.15, -0.1) is 0 Å². The fraction of sp³-hybridized carbons (Fsp3) is 0.0952. The molecule has 0 radical (unpaired) electrons. The summed E-state index contributed by atoms with van der Waals surface area (Å²) in [5.74, 6) is -0.663. The van der Waals surface area contributed by atoms with Gasteiger partial charge in [0.15, 0.2) is 0 Å². The molecule has 3 rings (SSSR count). The normalized spacial score (nSPS) is 11.2. The van der Waals surface area contributed by atoms with Crippen LogP contribution in [0.4, 0.5) is 4.39 Å². The number of benzene rings is 3. The molecular formula is C21H19FN2O3S. The number of primary sulfonamides is 1.